The van der Waals surface area contributed by atoms with Crippen LogP contribution in [0, 0.1) is 10.8 Å². The molecule has 3 aliphatic rings. The standard InChI is InChI=1S/C27H36N2O4/c1-26(2)12-20-13-27(3,16-26)17-29(20)25(30)22-7-6-21(33-22)15-28-9-8-18-10-23(31-4)24(32-5)11-19(18)14-28/h6-7,10-11,20H,8-9,12-17H2,1-5H3. The van der Waals surface area contributed by atoms with E-state index in [1.807, 2.05) is 12.1 Å². The molecular formula is C27H36N2O4. The van der Waals surface area contributed by atoms with Gasteiger partial charge in [0.05, 0.1) is 20.8 Å². The van der Waals surface area contributed by atoms with Crippen LogP contribution < -0.4 is 9.47 Å². The van der Waals surface area contributed by atoms with Gasteiger partial charge in [-0.25, -0.2) is 0 Å². The summed E-state index contributed by atoms with van der Waals surface area (Å²) >= 11 is 0. The Balaban J connectivity index is 1.26. The van der Waals surface area contributed by atoms with Crippen LogP contribution in [-0.2, 0) is 19.5 Å². The summed E-state index contributed by atoms with van der Waals surface area (Å²) in [7, 11) is 3.34. The average molecular weight is 453 g/mol. The second-order valence-electron chi connectivity index (χ2n) is 11.3. The Hall–Kier alpha value is -2.47. The van der Waals surface area contributed by atoms with Crippen LogP contribution in [0.15, 0.2) is 28.7 Å². The van der Waals surface area contributed by atoms with E-state index >= 15 is 0 Å². The number of fused-ring (bicyclic) bond motifs is 3. The van der Waals surface area contributed by atoms with Crippen LogP contribution in [0.5, 0.6) is 11.5 Å². The molecule has 178 valence electrons. The summed E-state index contributed by atoms with van der Waals surface area (Å²) in [6.45, 7) is 10.3. The van der Waals surface area contributed by atoms with Crippen molar-refractivity contribution in [2.45, 2.75) is 65.6 Å². The Morgan fingerprint density at radius 2 is 1.82 bits per heavy atom. The first-order valence-electron chi connectivity index (χ1n) is 12.0. The number of ether oxygens (including phenoxy) is 2. The fourth-order valence-electron chi connectivity index (χ4n) is 6.71. The number of rotatable bonds is 5. The summed E-state index contributed by atoms with van der Waals surface area (Å²) in [6.07, 6.45) is 4.31. The molecule has 1 saturated heterocycles. The second kappa shape index (κ2) is 8.08. The summed E-state index contributed by atoms with van der Waals surface area (Å²) < 4.78 is 17.0. The molecule has 2 fully saturated rings. The van der Waals surface area contributed by atoms with E-state index in [4.69, 9.17) is 13.9 Å². The summed E-state index contributed by atoms with van der Waals surface area (Å²) in [4.78, 5) is 17.8. The normalized spacial score (nSPS) is 26.2. The Bertz CT molecular complexity index is 1060. The molecule has 1 aromatic carbocycles. The van der Waals surface area contributed by atoms with Gasteiger partial charge in [0.2, 0.25) is 0 Å². The molecule has 1 saturated carbocycles. The van der Waals surface area contributed by atoms with Gasteiger partial charge in [0, 0.05) is 25.7 Å². The Kier molecular flexibility index (Phi) is 5.47. The largest absolute Gasteiger partial charge is 0.493 e. The quantitative estimate of drug-likeness (QED) is 0.646. The zero-order chi connectivity index (χ0) is 23.4. The van der Waals surface area contributed by atoms with Gasteiger partial charge in [-0.15, -0.1) is 0 Å². The molecule has 2 atom stereocenters. The average Bonchev–Trinajstić information content (AvgIpc) is 3.32. The maximum atomic E-state index is 13.3. The molecule has 5 rings (SSSR count). The Morgan fingerprint density at radius 3 is 2.55 bits per heavy atom. The fourth-order valence-corrected chi connectivity index (χ4v) is 6.71. The minimum absolute atomic E-state index is 0.0495. The second-order valence-corrected chi connectivity index (χ2v) is 11.3. The number of hydrogen-bond acceptors (Lipinski definition) is 5. The van der Waals surface area contributed by atoms with Crippen LogP contribution in [-0.4, -0.2) is 49.1 Å². The van der Waals surface area contributed by atoms with Gasteiger partial charge >= 0.3 is 0 Å². The SMILES string of the molecule is COc1cc2c(cc1OC)CN(Cc1ccc(C(=O)N3CC4(C)CC3CC(C)(C)C4)o1)CC2. The number of furan rings is 1. The van der Waals surface area contributed by atoms with E-state index in [1.165, 1.54) is 17.5 Å². The number of amides is 1. The Labute approximate surface area is 196 Å². The van der Waals surface area contributed by atoms with E-state index in [9.17, 15) is 4.79 Å². The highest BCUT2D eigenvalue weighted by molar-refractivity contribution is 5.92. The molecule has 0 N–H and O–H groups in total. The lowest BCUT2D eigenvalue weighted by Gasteiger charge is -2.39. The van der Waals surface area contributed by atoms with Crippen molar-refractivity contribution in [3.05, 3.63) is 46.9 Å². The van der Waals surface area contributed by atoms with Gasteiger partial charge in [0.1, 0.15) is 5.76 Å². The van der Waals surface area contributed by atoms with E-state index in [0.717, 1.165) is 56.2 Å². The highest BCUT2D eigenvalue weighted by Gasteiger charge is 2.51. The smallest absolute Gasteiger partial charge is 0.289 e. The van der Waals surface area contributed by atoms with E-state index in [1.54, 1.807) is 14.2 Å². The minimum atomic E-state index is 0.0495. The van der Waals surface area contributed by atoms with Crippen molar-refractivity contribution in [3.63, 3.8) is 0 Å². The van der Waals surface area contributed by atoms with E-state index in [-0.39, 0.29) is 16.7 Å². The van der Waals surface area contributed by atoms with Crippen molar-refractivity contribution in [3.8, 4) is 11.5 Å². The van der Waals surface area contributed by atoms with Gasteiger partial charge in [0.25, 0.3) is 5.91 Å². The molecule has 1 amide bonds. The summed E-state index contributed by atoms with van der Waals surface area (Å²) in [5.74, 6) is 2.91. The molecule has 2 aromatic rings. The number of methoxy groups -OCH3 is 2. The van der Waals surface area contributed by atoms with Crippen molar-refractivity contribution in [2.75, 3.05) is 27.3 Å². The number of carbonyl (C=O) groups excluding carboxylic acids is 1. The third kappa shape index (κ3) is 4.25. The highest BCUT2D eigenvalue weighted by atomic mass is 16.5. The van der Waals surface area contributed by atoms with Crippen LogP contribution in [0.25, 0.3) is 0 Å². The molecule has 1 aliphatic carbocycles. The topological polar surface area (TPSA) is 55.2 Å². The maximum Gasteiger partial charge on any atom is 0.289 e. The van der Waals surface area contributed by atoms with Gasteiger partial charge in [-0.3, -0.25) is 9.69 Å². The highest BCUT2D eigenvalue weighted by Crippen LogP contribution is 2.52. The molecule has 0 spiro atoms. The van der Waals surface area contributed by atoms with Gasteiger partial charge in [-0.05, 0) is 71.9 Å². The molecule has 2 unspecified atom stereocenters. The molecule has 2 bridgehead atoms. The van der Waals surface area contributed by atoms with Crippen molar-refractivity contribution in [1.29, 1.82) is 0 Å². The van der Waals surface area contributed by atoms with Gasteiger partial charge in [0.15, 0.2) is 17.3 Å². The van der Waals surface area contributed by atoms with Gasteiger partial charge in [-0.2, -0.15) is 0 Å². The molecule has 6 nitrogen and oxygen atoms in total. The number of carbonyl (C=O) groups is 1. The minimum Gasteiger partial charge on any atom is -0.493 e. The van der Waals surface area contributed by atoms with Crippen molar-refractivity contribution >= 4 is 5.91 Å². The van der Waals surface area contributed by atoms with E-state index in [2.05, 4.69) is 42.7 Å². The van der Waals surface area contributed by atoms with Crippen LogP contribution in [0.2, 0.25) is 0 Å². The zero-order valence-electron chi connectivity index (χ0n) is 20.6. The fraction of sp³-hybridized carbons (Fsp3) is 0.593. The molecular weight excluding hydrogens is 416 g/mol. The van der Waals surface area contributed by atoms with E-state index < -0.39 is 0 Å². The number of likely N-dealkylation sites (tertiary alicyclic amines) is 1. The number of nitrogens with zero attached hydrogens (tertiary/aromatic N) is 2. The van der Waals surface area contributed by atoms with Gasteiger partial charge < -0.3 is 18.8 Å². The lowest BCUT2D eigenvalue weighted by atomic mass is 9.65. The van der Waals surface area contributed by atoms with Crippen LogP contribution in [0.3, 0.4) is 0 Å². The van der Waals surface area contributed by atoms with Crippen molar-refractivity contribution < 1.29 is 18.7 Å². The van der Waals surface area contributed by atoms with Crippen LogP contribution >= 0.6 is 0 Å². The first-order chi connectivity index (χ1) is 15.7. The third-order valence-electron chi connectivity index (χ3n) is 7.72. The summed E-state index contributed by atoms with van der Waals surface area (Å²) in [5.41, 5.74) is 3.07. The third-order valence-corrected chi connectivity index (χ3v) is 7.72. The predicted octanol–water partition coefficient (Wildman–Crippen LogP) is 4.90. The number of hydrogen-bond donors (Lipinski definition) is 0. The van der Waals surface area contributed by atoms with Crippen LogP contribution in [0.1, 0.15) is 67.5 Å². The van der Waals surface area contributed by atoms with Crippen molar-refractivity contribution in [2.24, 2.45) is 10.8 Å². The molecule has 0 radical (unpaired) electrons. The number of benzene rings is 1. The predicted molar refractivity (Wildman–Crippen MR) is 127 cm³/mol. The Morgan fingerprint density at radius 1 is 1.09 bits per heavy atom. The monoisotopic (exact) mass is 452 g/mol. The van der Waals surface area contributed by atoms with E-state index in [0.29, 0.717) is 18.3 Å². The summed E-state index contributed by atoms with van der Waals surface area (Å²) in [5, 5.41) is 0. The maximum absolute atomic E-state index is 13.3. The molecule has 3 heterocycles. The van der Waals surface area contributed by atoms with Crippen LogP contribution in [0.4, 0.5) is 0 Å². The first kappa shape index (κ1) is 22.3. The first-order valence-corrected chi connectivity index (χ1v) is 12.0. The van der Waals surface area contributed by atoms with Gasteiger partial charge in [-0.1, -0.05) is 20.8 Å². The summed E-state index contributed by atoms with van der Waals surface area (Å²) in [6, 6.07) is 8.31. The lowest BCUT2D eigenvalue weighted by molar-refractivity contribution is 0.0672. The van der Waals surface area contributed by atoms with Crippen molar-refractivity contribution in [1.82, 2.24) is 9.80 Å². The molecule has 1 aromatic heterocycles. The zero-order valence-corrected chi connectivity index (χ0v) is 20.6. The molecule has 33 heavy (non-hydrogen) atoms. The molecule has 6 heteroatoms. The lowest BCUT2D eigenvalue weighted by Crippen LogP contribution is -2.37. The molecule has 2 aliphatic heterocycles.